The summed E-state index contributed by atoms with van der Waals surface area (Å²) in [5.41, 5.74) is 1.63. The number of nitrogens with zero attached hydrogens (tertiary/aromatic N) is 3. The van der Waals surface area contributed by atoms with Crippen LogP contribution in [0, 0.1) is 0 Å². The van der Waals surface area contributed by atoms with Gasteiger partial charge in [0.2, 0.25) is 0 Å². The number of hydrogen-bond donors (Lipinski definition) is 1. The molecule has 1 aromatic carbocycles. The molecule has 1 N–H and O–H groups in total. The van der Waals surface area contributed by atoms with E-state index in [-0.39, 0.29) is 5.69 Å². The van der Waals surface area contributed by atoms with Gasteiger partial charge in [-0.3, -0.25) is 0 Å². The van der Waals surface area contributed by atoms with Crippen LogP contribution in [0.15, 0.2) is 42.5 Å². The van der Waals surface area contributed by atoms with E-state index in [0.717, 1.165) is 5.56 Å². The number of pyridine rings is 1. The molecular formula is C14H10ClN3O2. The minimum Gasteiger partial charge on any atom is -0.477 e. The molecule has 0 fully saturated rings. The zero-order valence-electron chi connectivity index (χ0n) is 10.3. The maximum Gasteiger partial charge on any atom is 0.354 e. The summed E-state index contributed by atoms with van der Waals surface area (Å²) in [6, 6.07) is 12.3. The number of aromatic nitrogens is 3. The van der Waals surface area contributed by atoms with Crippen molar-refractivity contribution >= 4 is 23.2 Å². The van der Waals surface area contributed by atoms with Crippen molar-refractivity contribution in [3.63, 3.8) is 0 Å². The SMILES string of the molecule is O=C(O)c1cccc2nc(Cc3ccc(Cl)cc3)nn12. The van der Waals surface area contributed by atoms with Crippen LogP contribution in [0.4, 0.5) is 0 Å². The normalized spacial score (nSPS) is 10.8. The minimum atomic E-state index is -1.03. The Morgan fingerprint density at radius 3 is 2.65 bits per heavy atom. The zero-order valence-corrected chi connectivity index (χ0v) is 11.1. The topological polar surface area (TPSA) is 67.5 Å². The Labute approximate surface area is 119 Å². The summed E-state index contributed by atoms with van der Waals surface area (Å²) in [7, 11) is 0. The van der Waals surface area contributed by atoms with Crippen molar-refractivity contribution in [2.45, 2.75) is 6.42 Å². The van der Waals surface area contributed by atoms with Gasteiger partial charge in [0.15, 0.2) is 17.2 Å². The van der Waals surface area contributed by atoms with Crippen molar-refractivity contribution in [2.75, 3.05) is 0 Å². The Morgan fingerprint density at radius 2 is 1.95 bits per heavy atom. The molecule has 3 aromatic rings. The van der Waals surface area contributed by atoms with Crippen molar-refractivity contribution in [1.29, 1.82) is 0 Å². The Kier molecular flexibility index (Phi) is 3.12. The first kappa shape index (κ1) is 12.6. The average molecular weight is 288 g/mol. The highest BCUT2D eigenvalue weighted by Gasteiger charge is 2.12. The summed E-state index contributed by atoms with van der Waals surface area (Å²) in [5, 5.41) is 14.0. The van der Waals surface area contributed by atoms with Crippen LogP contribution >= 0.6 is 11.6 Å². The lowest BCUT2D eigenvalue weighted by Crippen LogP contribution is -2.05. The van der Waals surface area contributed by atoms with Crippen LogP contribution in [-0.2, 0) is 6.42 Å². The smallest absolute Gasteiger partial charge is 0.354 e. The van der Waals surface area contributed by atoms with Crippen LogP contribution < -0.4 is 0 Å². The molecule has 0 aliphatic rings. The summed E-state index contributed by atoms with van der Waals surface area (Å²) in [6.07, 6.45) is 0.526. The van der Waals surface area contributed by atoms with Gasteiger partial charge < -0.3 is 5.11 Å². The lowest BCUT2D eigenvalue weighted by Gasteiger charge is -1.97. The lowest BCUT2D eigenvalue weighted by atomic mass is 10.1. The molecule has 0 atom stereocenters. The second kappa shape index (κ2) is 4.94. The molecule has 6 heteroatoms. The Morgan fingerprint density at radius 1 is 1.20 bits per heavy atom. The highest BCUT2D eigenvalue weighted by atomic mass is 35.5. The van der Waals surface area contributed by atoms with E-state index in [2.05, 4.69) is 10.1 Å². The van der Waals surface area contributed by atoms with Crippen molar-refractivity contribution in [2.24, 2.45) is 0 Å². The van der Waals surface area contributed by atoms with E-state index >= 15 is 0 Å². The summed E-state index contributed by atoms with van der Waals surface area (Å²) in [4.78, 5) is 15.4. The third-order valence-corrected chi connectivity index (χ3v) is 3.15. The fourth-order valence-corrected chi connectivity index (χ4v) is 2.10. The maximum absolute atomic E-state index is 11.1. The molecule has 2 heterocycles. The molecule has 5 nitrogen and oxygen atoms in total. The molecular weight excluding hydrogens is 278 g/mol. The van der Waals surface area contributed by atoms with Gasteiger partial charge in [-0.2, -0.15) is 5.10 Å². The van der Waals surface area contributed by atoms with E-state index in [1.165, 1.54) is 10.6 Å². The monoisotopic (exact) mass is 287 g/mol. The number of benzene rings is 1. The van der Waals surface area contributed by atoms with E-state index in [0.29, 0.717) is 22.9 Å². The standard InChI is InChI=1S/C14H10ClN3O2/c15-10-6-4-9(5-7-10)8-12-16-13-3-1-2-11(14(19)20)18(13)17-12/h1-7H,8H2,(H,19,20). The Balaban J connectivity index is 1.99. The number of aromatic carboxylic acids is 1. The van der Waals surface area contributed by atoms with Gasteiger partial charge in [-0.25, -0.2) is 14.3 Å². The molecule has 0 radical (unpaired) electrons. The molecule has 100 valence electrons. The molecule has 0 amide bonds. The Bertz CT molecular complexity index is 781. The zero-order chi connectivity index (χ0) is 14.1. The molecule has 0 saturated carbocycles. The summed E-state index contributed by atoms with van der Waals surface area (Å²) in [5.74, 6) is -0.459. The third kappa shape index (κ3) is 2.35. The highest BCUT2D eigenvalue weighted by molar-refractivity contribution is 6.30. The second-order valence-electron chi connectivity index (χ2n) is 4.32. The van der Waals surface area contributed by atoms with Gasteiger partial charge in [0.25, 0.3) is 0 Å². The summed E-state index contributed by atoms with van der Waals surface area (Å²) in [6.45, 7) is 0. The fraction of sp³-hybridized carbons (Fsp3) is 0.0714. The Hall–Kier alpha value is -2.40. The number of halogens is 1. The number of rotatable bonds is 3. The van der Waals surface area contributed by atoms with Crippen LogP contribution in [0.1, 0.15) is 21.9 Å². The molecule has 0 saturated heterocycles. The average Bonchev–Trinajstić information content (AvgIpc) is 2.83. The predicted octanol–water partition coefficient (Wildman–Crippen LogP) is 2.67. The minimum absolute atomic E-state index is 0.0948. The molecule has 2 aromatic heterocycles. The lowest BCUT2D eigenvalue weighted by molar-refractivity contribution is 0.0687. The van der Waals surface area contributed by atoms with Gasteiger partial charge >= 0.3 is 5.97 Å². The van der Waals surface area contributed by atoms with Gasteiger partial charge in [0, 0.05) is 11.4 Å². The van der Waals surface area contributed by atoms with Crippen molar-refractivity contribution in [3.8, 4) is 0 Å². The van der Waals surface area contributed by atoms with E-state index in [4.69, 9.17) is 16.7 Å². The third-order valence-electron chi connectivity index (χ3n) is 2.90. The second-order valence-corrected chi connectivity index (χ2v) is 4.75. The van der Waals surface area contributed by atoms with Crippen LogP contribution in [-0.4, -0.2) is 25.7 Å². The van der Waals surface area contributed by atoms with Crippen LogP contribution in [0.25, 0.3) is 5.65 Å². The van der Waals surface area contributed by atoms with E-state index < -0.39 is 5.97 Å². The molecule has 3 rings (SSSR count). The van der Waals surface area contributed by atoms with E-state index in [1.54, 1.807) is 24.3 Å². The van der Waals surface area contributed by atoms with Crippen molar-refractivity contribution < 1.29 is 9.90 Å². The quantitative estimate of drug-likeness (QED) is 0.804. The van der Waals surface area contributed by atoms with Crippen LogP contribution in [0.5, 0.6) is 0 Å². The number of carboxylic acid groups (broad SMARTS) is 1. The molecule has 0 bridgehead atoms. The molecule has 0 aliphatic heterocycles. The largest absolute Gasteiger partial charge is 0.477 e. The first-order valence-electron chi connectivity index (χ1n) is 5.96. The van der Waals surface area contributed by atoms with Crippen molar-refractivity contribution in [3.05, 3.63) is 64.6 Å². The summed E-state index contributed by atoms with van der Waals surface area (Å²) < 4.78 is 1.34. The molecule has 0 unspecified atom stereocenters. The predicted molar refractivity (Wildman–Crippen MR) is 74.2 cm³/mol. The van der Waals surface area contributed by atoms with Gasteiger partial charge in [0.1, 0.15) is 0 Å². The van der Waals surface area contributed by atoms with Gasteiger partial charge in [0.05, 0.1) is 0 Å². The van der Waals surface area contributed by atoms with Crippen molar-refractivity contribution in [1.82, 2.24) is 14.6 Å². The maximum atomic E-state index is 11.1. The first-order chi connectivity index (χ1) is 9.63. The highest BCUT2D eigenvalue weighted by Crippen LogP contribution is 2.13. The molecule has 0 aliphatic carbocycles. The molecule has 0 spiro atoms. The van der Waals surface area contributed by atoms with E-state index in [9.17, 15) is 4.79 Å². The van der Waals surface area contributed by atoms with Crippen LogP contribution in [0.3, 0.4) is 0 Å². The number of hydrogen-bond acceptors (Lipinski definition) is 3. The number of carboxylic acids is 1. The fourth-order valence-electron chi connectivity index (χ4n) is 1.97. The van der Waals surface area contributed by atoms with Crippen LogP contribution in [0.2, 0.25) is 5.02 Å². The number of fused-ring (bicyclic) bond motifs is 1. The van der Waals surface area contributed by atoms with Gasteiger partial charge in [-0.1, -0.05) is 29.8 Å². The van der Waals surface area contributed by atoms with Gasteiger partial charge in [-0.15, -0.1) is 0 Å². The first-order valence-corrected chi connectivity index (χ1v) is 6.34. The van der Waals surface area contributed by atoms with E-state index in [1.807, 2.05) is 12.1 Å². The molecule has 20 heavy (non-hydrogen) atoms. The van der Waals surface area contributed by atoms with Gasteiger partial charge in [-0.05, 0) is 29.8 Å². The summed E-state index contributed by atoms with van der Waals surface area (Å²) >= 11 is 5.83. The number of carbonyl (C=O) groups is 1.